The van der Waals surface area contributed by atoms with Gasteiger partial charge in [0, 0.05) is 65.4 Å². The van der Waals surface area contributed by atoms with Crippen molar-refractivity contribution in [3.63, 3.8) is 0 Å². The van der Waals surface area contributed by atoms with Crippen LogP contribution in [0.4, 0.5) is 0 Å². The molecule has 9 heteroatoms. The van der Waals surface area contributed by atoms with Crippen LogP contribution in [0.1, 0.15) is 10.6 Å². The molecule has 3 rings (SSSR count). The first kappa shape index (κ1) is 22.0. The van der Waals surface area contributed by atoms with E-state index in [0.29, 0.717) is 24.9 Å². The smallest absolute Gasteiger partial charge is 0.289 e. The van der Waals surface area contributed by atoms with Crippen molar-refractivity contribution in [2.24, 2.45) is 4.99 Å². The van der Waals surface area contributed by atoms with Crippen molar-refractivity contribution in [3.05, 3.63) is 24.2 Å². The number of piperazine rings is 2. The fourth-order valence-electron chi connectivity index (χ4n) is 3.54. The Kier molecular flexibility index (Phi) is 8.36. The first-order valence-corrected chi connectivity index (χ1v) is 9.25. The van der Waals surface area contributed by atoms with Crippen LogP contribution in [0, 0.1) is 0 Å². The van der Waals surface area contributed by atoms with Crippen molar-refractivity contribution in [2.75, 3.05) is 73.5 Å². The molecule has 0 aliphatic carbocycles. The highest BCUT2D eigenvalue weighted by Crippen LogP contribution is 2.10. The van der Waals surface area contributed by atoms with Crippen LogP contribution in [0.3, 0.4) is 0 Å². The topological polar surface area (TPSA) is 67.6 Å². The van der Waals surface area contributed by atoms with E-state index in [1.165, 1.54) is 6.26 Å². The molecule has 0 aromatic carbocycles. The molecule has 152 valence electrons. The molecule has 1 amide bonds. The number of nitrogens with one attached hydrogen (secondary N) is 1. The first-order chi connectivity index (χ1) is 12.6. The molecule has 1 N–H and O–H groups in total. The van der Waals surface area contributed by atoms with Crippen LogP contribution < -0.4 is 5.32 Å². The third-order valence-electron chi connectivity index (χ3n) is 5.29. The zero-order valence-electron chi connectivity index (χ0n) is 16.4. The zero-order valence-corrected chi connectivity index (χ0v) is 18.8. The fourth-order valence-corrected chi connectivity index (χ4v) is 3.54. The number of hydrogen-bond donors (Lipinski definition) is 1. The van der Waals surface area contributed by atoms with Crippen LogP contribution in [0.15, 0.2) is 27.8 Å². The second-order valence-corrected chi connectivity index (χ2v) is 7.08. The fraction of sp³-hybridized carbons (Fsp3) is 0.667. The number of halogens is 1. The van der Waals surface area contributed by atoms with Crippen molar-refractivity contribution in [2.45, 2.75) is 6.04 Å². The predicted octanol–water partition coefficient (Wildman–Crippen LogP) is 0.477. The minimum Gasteiger partial charge on any atom is -0.459 e. The number of guanidine groups is 1. The molecule has 1 aromatic rings. The number of rotatable bonds is 3. The molecule has 1 aromatic heterocycles. The highest BCUT2D eigenvalue weighted by atomic mass is 127. The summed E-state index contributed by atoms with van der Waals surface area (Å²) in [5.74, 6) is 1.28. The maximum absolute atomic E-state index is 12.4. The lowest BCUT2D eigenvalue weighted by molar-refractivity contribution is 0.0656. The number of amides is 1. The van der Waals surface area contributed by atoms with Gasteiger partial charge in [0.1, 0.15) is 0 Å². The third-order valence-corrected chi connectivity index (χ3v) is 5.29. The normalized spacial score (nSPS) is 22.5. The molecule has 3 heterocycles. The number of likely N-dealkylation sites (N-methyl/N-ethyl adjacent to an activating group) is 2. The number of nitrogens with zero attached hydrogens (tertiary/aromatic N) is 5. The standard InChI is InChI=1S/C18H30N6O2.HI/c1-19-18(20-13-15-14-21(2)6-7-22(15)3)24-10-8-23(9-11-24)17(25)16-5-4-12-26-16;/h4-5,12,15H,6-11,13-14H2,1-3H3,(H,19,20);1H. The largest absolute Gasteiger partial charge is 0.459 e. The summed E-state index contributed by atoms with van der Waals surface area (Å²) >= 11 is 0. The second-order valence-electron chi connectivity index (χ2n) is 7.08. The molecule has 8 nitrogen and oxygen atoms in total. The van der Waals surface area contributed by atoms with Gasteiger partial charge in [0.15, 0.2) is 11.7 Å². The second kappa shape index (κ2) is 10.3. The Hall–Kier alpha value is -1.33. The van der Waals surface area contributed by atoms with Crippen molar-refractivity contribution >= 4 is 35.8 Å². The molecule has 2 fully saturated rings. The molecule has 1 atom stereocenters. The van der Waals surface area contributed by atoms with Crippen LogP contribution >= 0.6 is 24.0 Å². The number of aliphatic imine (C=N–C) groups is 1. The maximum Gasteiger partial charge on any atom is 0.289 e. The van der Waals surface area contributed by atoms with Gasteiger partial charge in [0.2, 0.25) is 0 Å². The van der Waals surface area contributed by atoms with Crippen LogP contribution in [-0.2, 0) is 0 Å². The van der Waals surface area contributed by atoms with E-state index in [1.54, 1.807) is 12.1 Å². The van der Waals surface area contributed by atoms with Crippen LogP contribution in [-0.4, -0.2) is 111 Å². The Labute approximate surface area is 178 Å². The SMILES string of the molecule is CN=C(NCC1CN(C)CCN1C)N1CCN(C(=O)c2ccco2)CC1.I. The van der Waals surface area contributed by atoms with Gasteiger partial charge in [-0.25, -0.2) is 0 Å². The molecule has 1 unspecified atom stereocenters. The van der Waals surface area contributed by atoms with E-state index in [2.05, 4.69) is 39.1 Å². The van der Waals surface area contributed by atoms with E-state index in [9.17, 15) is 4.79 Å². The first-order valence-electron chi connectivity index (χ1n) is 9.25. The van der Waals surface area contributed by atoms with Gasteiger partial charge >= 0.3 is 0 Å². The quantitative estimate of drug-likeness (QED) is 0.378. The summed E-state index contributed by atoms with van der Waals surface area (Å²) in [5.41, 5.74) is 0. The maximum atomic E-state index is 12.4. The van der Waals surface area contributed by atoms with E-state index in [4.69, 9.17) is 4.42 Å². The number of furan rings is 1. The Balaban J connectivity index is 0.00000261. The summed E-state index contributed by atoms with van der Waals surface area (Å²) in [6.45, 7) is 7.03. The van der Waals surface area contributed by atoms with Gasteiger partial charge in [0.05, 0.1) is 6.26 Å². The molecule has 0 saturated carbocycles. The third kappa shape index (κ3) is 5.58. The molecular weight excluding hydrogens is 459 g/mol. The van der Waals surface area contributed by atoms with Gasteiger partial charge in [0.25, 0.3) is 5.91 Å². The van der Waals surface area contributed by atoms with Crippen LogP contribution in [0.2, 0.25) is 0 Å². The lowest BCUT2D eigenvalue weighted by Crippen LogP contribution is -2.58. The summed E-state index contributed by atoms with van der Waals surface area (Å²) in [7, 11) is 6.17. The predicted molar refractivity (Wildman–Crippen MR) is 117 cm³/mol. The van der Waals surface area contributed by atoms with Crippen LogP contribution in [0.5, 0.6) is 0 Å². The summed E-state index contributed by atoms with van der Waals surface area (Å²) in [6.07, 6.45) is 1.54. The molecule has 0 bridgehead atoms. The van der Waals surface area contributed by atoms with Gasteiger partial charge in [-0.2, -0.15) is 0 Å². The van der Waals surface area contributed by atoms with Crippen molar-refractivity contribution in [1.82, 2.24) is 24.9 Å². The molecule has 0 spiro atoms. The lowest BCUT2D eigenvalue weighted by atomic mass is 10.2. The number of carbonyl (C=O) groups is 1. The summed E-state index contributed by atoms with van der Waals surface area (Å²) < 4.78 is 5.22. The Morgan fingerprint density at radius 3 is 2.52 bits per heavy atom. The van der Waals surface area contributed by atoms with Crippen LogP contribution in [0.25, 0.3) is 0 Å². The van der Waals surface area contributed by atoms with Gasteiger partial charge in [-0.3, -0.25) is 14.7 Å². The number of carbonyl (C=O) groups excluding carboxylic acids is 1. The van der Waals surface area contributed by atoms with E-state index >= 15 is 0 Å². The zero-order chi connectivity index (χ0) is 18.5. The lowest BCUT2D eigenvalue weighted by Gasteiger charge is -2.39. The summed E-state index contributed by atoms with van der Waals surface area (Å²) in [4.78, 5) is 25.6. The molecule has 2 saturated heterocycles. The number of hydrogen-bond acceptors (Lipinski definition) is 5. The van der Waals surface area contributed by atoms with Crippen molar-refractivity contribution < 1.29 is 9.21 Å². The van der Waals surface area contributed by atoms with E-state index in [0.717, 1.165) is 45.2 Å². The molecule has 2 aliphatic heterocycles. The minimum absolute atomic E-state index is 0. The van der Waals surface area contributed by atoms with E-state index in [1.807, 2.05) is 11.9 Å². The van der Waals surface area contributed by atoms with E-state index < -0.39 is 0 Å². The van der Waals surface area contributed by atoms with E-state index in [-0.39, 0.29) is 29.9 Å². The highest BCUT2D eigenvalue weighted by Gasteiger charge is 2.26. The minimum atomic E-state index is -0.0375. The molecular formula is C18H31IN6O2. The van der Waals surface area contributed by atoms with Gasteiger partial charge in [-0.15, -0.1) is 24.0 Å². The monoisotopic (exact) mass is 490 g/mol. The average Bonchev–Trinajstić information content (AvgIpc) is 3.19. The summed E-state index contributed by atoms with van der Waals surface area (Å²) in [5, 5.41) is 3.52. The molecule has 2 aliphatic rings. The average molecular weight is 490 g/mol. The van der Waals surface area contributed by atoms with Gasteiger partial charge in [-0.1, -0.05) is 0 Å². The summed E-state index contributed by atoms with van der Waals surface area (Å²) in [6, 6.07) is 3.94. The Morgan fingerprint density at radius 1 is 1.19 bits per heavy atom. The molecule has 0 radical (unpaired) electrons. The van der Waals surface area contributed by atoms with Gasteiger partial charge < -0.3 is 24.4 Å². The van der Waals surface area contributed by atoms with Gasteiger partial charge in [-0.05, 0) is 26.2 Å². The Bertz CT molecular complexity index is 615. The van der Waals surface area contributed by atoms with Crippen molar-refractivity contribution in [1.29, 1.82) is 0 Å². The molecule has 27 heavy (non-hydrogen) atoms. The highest BCUT2D eigenvalue weighted by molar-refractivity contribution is 14.0. The van der Waals surface area contributed by atoms with Crippen molar-refractivity contribution in [3.8, 4) is 0 Å². The Morgan fingerprint density at radius 2 is 1.89 bits per heavy atom.